The largest absolute Gasteiger partial charge is 0.497 e. The number of nitrogens with zero attached hydrogens (tertiary/aromatic N) is 3. The molecule has 0 bridgehead atoms. The first-order valence-electron chi connectivity index (χ1n) is 13.4. The molecule has 0 atom stereocenters. The summed E-state index contributed by atoms with van der Waals surface area (Å²) in [6.45, 7) is 4.21. The van der Waals surface area contributed by atoms with Crippen molar-refractivity contribution in [3.8, 4) is 11.8 Å². The molecule has 5 rings (SSSR count). The monoisotopic (exact) mass is 543 g/mol. The Hall–Kier alpha value is -5.22. The van der Waals surface area contributed by atoms with E-state index in [1.165, 1.54) is 4.90 Å². The van der Waals surface area contributed by atoms with E-state index in [1.54, 1.807) is 54.5 Å². The first-order chi connectivity index (χ1) is 19.8. The second-order valence-corrected chi connectivity index (χ2v) is 10.0. The summed E-state index contributed by atoms with van der Waals surface area (Å²) in [5.74, 6) is -0.479. The van der Waals surface area contributed by atoms with Crippen molar-refractivity contribution in [1.82, 2.24) is 4.90 Å². The van der Waals surface area contributed by atoms with Gasteiger partial charge in [-0.1, -0.05) is 54.1 Å². The average Bonchev–Trinajstić information content (AvgIpc) is 2.98. The summed E-state index contributed by atoms with van der Waals surface area (Å²) in [6.07, 6.45) is 1.88. The molecule has 0 aliphatic carbocycles. The van der Waals surface area contributed by atoms with Crippen LogP contribution in [-0.2, 0) is 4.79 Å². The van der Waals surface area contributed by atoms with Crippen LogP contribution in [0.5, 0.6) is 5.75 Å². The topological polar surface area (TPSA) is 90.7 Å². The van der Waals surface area contributed by atoms with Crippen molar-refractivity contribution < 1.29 is 19.1 Å². The van der Waals surface area contributed by atoms with Gasteiger partial charge in [-0.25, -0.2) is 0 Å². The normalized spacial score (nSPS) is 12.8. The molecule has 7 nitrogen and oxygen atoms in total. The summed E-state index contributed by atoms with van der Waals surface area (Å²) in [4.78, 5) is 43.3. The van der Waals surface area contributed by atoms with Crippen LogP contribution in [0.3, 0.4) is 0 Å². The molecule has 0 spiro atoms. The summed E-state index contributed by atoms with van der Waals surface area (Å²) in [7, 11) is 1.57. The number of hydrogen-bond acceptors (Lipinski definition) is 5. The van der Waals surface area contributed by atoms with Crippen LogP contribution < -0.4 is 9.64 Å². The molecule has 1 heterocycles. The molecule has 4 aromatic rings. The molecule has 0 saturated heterocycles. The second kappa shape index (κ2) is 11.5. The molecule has 204 valence electrons. The van der Waals surface area contributed by atoms with E-state index >= 15 is 0 Å². The van der Waals surface area contributed by atoms with Crippen LogP contribution >= 0.6 is 0 Å². The van der Waals surface area contributed by atoms with E-state index in [-0.39, 0.29) is 30.5 Å². The molecular formula is C34H29N3O4. The molecule has 1 aliphatic rings. The molecule has 0 radical (unpaired) electrons. The molecule has 0 unspecified atom stereocenters. The number of benzene rings is 4. The number of methoxy groups -OCH3 is 1. The van der Waals surface area contributed by atoms with E-state index in [0.29, 0.717) is 39.9 Å². The van der Waals surface area contributed by atoms with Crippen molar-refractivity contribution in [2.75, 3.05) is 25.1 Å². The Morgan fingerprint density at radius 3 is 2.20 bits per heavy atom. The Morgan fingerprint density at radius 1 is 0.951 bits per heavy atom. The maximum absolute atomic E-state index is 13.8. The van der Waals surface area contributed by atoms with Gasteiger partial charge < -0.3 is 9.64 Å². The number of hydrogen-bond donors (Lipinski definition) is 0. The van der Waals surface area contributed by atoms with Crippen LogP contribution in [0.4, 0.5) is 5.69 Å². The van der Waals surface area contributed by atoms with Crippen LogP contribution in [0.1, 0.15) is 43.8 Å². The number of rotatable bonds is 8. The fraction of sp³-hybridized carbons (Fsp3) is 0.176. The molecule has 0 N–H and O–H groups in total. The molecule has 3 amide bonds. The van der Waals surface area contributed by atoms with E-state index in [9.17, 15) is 19.6 Å². The SMILES string of the molecule is COc1ccc(/C=C(\C#N)C(=O)N(CCCN2C(=O)c3cccc4cccc(c34)C2=O)c2ccc(C)cc2C)cc1. The van der Waals surface area contributed by atoms with Crippen LogP contribution in [0.15, 0.2) is 84.4 Å². The van der Waals surface area contributed by atoms with Crippen LogP contribution in [-0.4, -0.2) is 42.8 Å². The van der Waals surface area contributed by atoms with Gasteiger partial charge >= 0.3 is 0 Å². The van der Waals surface area contributed by atoms with Gasteiger partial charge in [-0.3, -0.25) is 19.3 Å². The zero-order valence-corrected chi connectivity index (χ0v) is 23.2. The summed E-state index contributed by atoms with van der Waals surface area (Å²) in [5.41, 5.74) is 4.25. The van der Waals surface area contributed by atoms with Gasteiger partial charge in [-0.15, -0.1) is 0 Å². The third-order valence-electron chi connectivity index (χ3n) is 7.29. The van der Waals surface area contributed by atoms with E-state index < -0.39 is 5.91 Å². The fourth-order valence-corrected chi connectivity index (χ4v) is 5.26. The Morgan fingerprint density at radius 2 is 1.61 bits per heavy atom. The molecule has 1 aliphatic heterocycles. The van der Waals surface area contributed by atoms with Gasteiger partial charge in [0.2, 0.25) is 0 Å². The second-order valence-electron chi connectivity index (χ2n) is 10.0. The molecule has 4 aromatic carbocycles. The van der Waals surface area contributed by atoms with E-state index in [2.05, 4.69) is 6.07 Å². The number of carbonyl (C=O) groups excluding carboxylic acids is 3. The minimum atomic E-state index is -0.457. The van der Waals surface area contributed by atoms with Crippen molar-refractivity contribution >= 4 is 40.3 Å². The smallest absolute Gasteiger partial charge is 0.268 e. The summed E-state index contributed by atoms with van der Waals surface area (Å²) < 4.78 is 5.20. The number of carbonyl (C=O) groups is 3. The lowest BCUT2D eigenvalue weighted by atomic mass is 9.94. The standard InChI is InChI=1S/C34H29N3O4/c1-22-11-16-30(23(2)19-22)36(32(38)26(21-35)20-24-12-14-27(41-3)15-13-24)17-6-18-37-33(39)28-9-4-7-25-8-5-10-29(31(25)28)34(37)40/h4-5,7-16,19-20H,6,17-18H2,1-3H3/b26-20+. The third kappa shape index (κ3) is 5.32. The highest BCUT2D eigenvalue weighted by atomic mass is 16.5. The first kappa shape index (κ1) is 27.4. The fourth-order valence-electron chi connectivity index (χ4n) is 5.26. The predicted molar refractivity (Wildman–Crippen MR) is 159 cm³/mol. The Bertz CT molecular complexity index is 1700. The number of nitriles is 1. The van der Waals surface area contributed by atoms with Crippen LogP contribution in [0.25, 0.3) is 16.8 Å². The Kier molecular flexibility index (Phi) is 7.66. The number of anilines is 1. The lowest BCUT2D eigenvalue weighted by Gasteiger charge is -2.29. The lowest BCUT2D eigenvalue weighted by Crippen LogP contribution is -2.42. The maximum atomic E-state index is 13.8. The van der Waals surface area contributed by atoms with Gasteiger partial charge in [0.15, 0.2) is 0 Å². The van der Waals surface area contributed by atoms with Crippen molar-refractivity contribution in [3.05, 3.63) is 112 Å². The minimum absolute atomic E-state index is 0.0270. The van der Waals surface area contributed by atoms with E-state index in [0.717, 1.165) is 16.5 Å². The highest BCUT2D eigenvalue weighted by molar-refractivity contribution is 6.25. The van der Waals surface area contributed by atoms with E-state index in [4.69, 9.17) is 4.74 Å². The maximum Gasteiger partial charge on any atom is 0.268 e. The lowest BCUT2D eigenvalue weighted by molar-refractivity contribution is -0.114. The molecule has 0 fully saturated rings. The summed E-state index contributed by atoms with van der Waals surface area (Å²) in [5, 5.41) is 11.5. The third-order valence-corrected chi connectivity index (χ3v) is 7.29. The number of imide groups is 1. The van der Waals surface area contributed by atoms with Gasteiger partial charge in [0, 0.05) is 35.3 Å². The molecule has 0 aromatic heterocycles. The Balaban J connectivity index is 1.41. The summed E-state index contributed by atoms with van der Waals surface area (Å²) >= 11 is 0. The van der Waals surface area contributed by atoms with Gasteiger partial charge in [-0.05, 0) is 73.2 Å². The van der Waals surface area contributed by atoms with Crippen molar-refractivity contribution in [2.24, 2.45) is 0 Å². The molecule has 0 saturated carbocycles. The summed E-state index contributed by atoms with van der Waals surface area (Å²) in [6, 6.07) is 25.8. The molecule has 7 heteroatoms. The number of amides is 3. The zero-order chi connectivity index (χ0) is 29.1. The van der Waals surface area contributed by atoms with Gasteiger partial charge in [0.25, 0.3) is 17.7 Å². The number of ether oxygens (including phenoxy) is 1. The highest BCUT2D eigenvalue weighted by Gasteiger charge is 2.32. The van der Waals surface area contributed by atoms with Crippen molar-refractivity contribution in [2.45, 2.75) is 20.3 Å². The highest BCUT2D eigenvalue weighted by Crippen LogP contribution is 2.30. The quantitative estimate of drug-likeness (QED) is 0.152. The minimum Gasteiger partial charge on any atom is -0.497 e. The van der Waals surface area contributed by atoms with Crippen molar-refractivity contribution in [1.29, 1.82) is 5.26 Å². The molecular weight excluding hydrogens is 514 g/mol. The van der Waals surface area contributed by atoms with Crippen LogP contribution in [0, 0.1) is 25.2 Å². The van der Waals surface area contributed by atoms with Crippen LogP contribution in [0.2, 0.25) is 0 Å². The number of aryl methyl sites for hydroxylation is 2. The predicted octanol–water partition coefficient (Wildman–Crippen LogP) is 6.09. The van der Waals surface area contributed by atoms with Gasteiger partial charge in [0.05, 0.1) is 7.11 Å². The molecule has 41 heavy (non-hydrogen) atoms. The van der Waals surface area contributed by atoms with Gasteiger partial charge in [-0.2, -0.15) is 5.26 Å². The zero-order valence-electron chi connectivity index (χ0n) is 23.2. The average molecular weight is 544 g/mol. The van der Waals surface area contributed by atoms with Gasteiger partial charge in [0.1, 0.15) is 17.4 Å². The first-order valence-corrected chi connectivity index (χ1v) is 13.4. The van der Waals surface area contributed by atoms with Crippen molar-refractivity contribution in [3.63, 3.8) is 0 Å². The van der Waals surface area contributed by atoms with E-state index in [1.807, 2.05) is 56.3 Å². The Labute approximate surface area is 238 Å².